The van der Waals surface area contributed by atoms with Crippen molar-refractivity contribution < 1.29 is 19.1 Å². The van der Waals surface area contributed by atoms with Crippen molar-refractivity contribution in [3.63, 3.8) is 0 Å². The second-order valence-corrected chi connectivity index (χ2v) is 6.70. The number of carbonyl (C=O) groups excluding carboxylic acids is 2. The summed E-state index contributed by atoms with van der Waals surface area (Å²) in [6, 6.07) is 0. The first kappa shape index (κ1) is 18.5. The molecule has 0 radical (unpaired) electrons. The van der Waals surface area contributed by atoms with Gasteiger partial charge in [0.2, 0.25) is 0 Å². The van der Waals surface area contributed by atoms with Crippen molar-refractivity contribution >= 4 is 11.9 Å². The standard InChI is InChI=1S/C18H28O4/c1-13(2)16(19)21-11-18(5,12-22-17(20)14(3)4)15-9-7-6-8-10-15/h15H,1,3,6-12H2,2,4-5H3. The fraction of sp³-hybridized carbons (Fsp3) is 0.667. The molecule has 0 atom stereocenters. The molecule has 0 bridgehead atoms. The van der Waals surface area contributed by atoms with E-state index in [4.69, 9.17) is 9.47 Å². The van der Waals surface area contributed by atoms with Gasteiger partial charge in [-0.2, -0.15) is 0 Å². The van der Waals surface area contributed by atoms with Gasteiger partial charge in [0.25, 0.3) is 0 Å². The molecule has 0 unspecified atom stereocenters. The monoisotopic (exact) mass is 308 g/mol. The Labute approximate surface area is 133 Å². The normalized spacial score (nSPS) is 16.0. The van der Waals surface area contributed by atoms with Gasteiger partial charge in [0.05, 0.1) is 0 Å². The van der Waals surface area contributed by atoms with Gasteiger partial charge >= 0.3 is 11.9 Å². The van der Waals surface area contributed by atoms with Crippen molar-refractivity contribution in [1.82, 2.24) is 0 Å². The molecule has 4 heteroatoms. The van der Waals surface area contributed by atoms with Crippen molar-refractivity contribution in [2.75, 3.05) is 13.2 Å². The van der Waals surface area contributed by atoms with Crippen molar-refractivity contribution in [1.29, 1.82) is 0 Å². The third kappa shape index (κ3) is 5.32. The third-order valence-electron chi connectivity index (χ3n) is 4.35. The maximum atomic E-state index is 11.7. The molecule has 0 aromatic carbocycles. The summed E-state index contributed by atoms with van der Waals surface area (Å²) in [6.45, 7) is 13.0. The molecule has 0 aromatic rings. The lowest BCUT2D eigenvalue weighted by Crippen LogP contribution is -2.39. The minimum Gasteiger partial charge on any atom is -0.462 e. The predicted molar refractivity (Wildman–Crippen MR) is 86.2 cm³/mol. The van der Waals surface area contributed by atoms with Crippen LogP contribution in [0.5, 0.6) is 0 Å². The van der Waals surface area contributed by atoms with Crippen LogP contribution in [0.3, 0.4) is 0 Å². The topological polar surface area (TPSA) is 52.6 Å². The highest BCUT2D eigenvalue weighted by Crippen LogP contribution is 2.39. The van der Waals surface area contributed by atoms with Gasteiger partial charge in [0.1, 0.15) is 13.2 Å². The zero-order valence-electron chi connectivity index (χ0n) is 14.1. The molecule has 0 N–H and O–H groups in total. The van der Waals surface area contributed by atoms with Crippen LogP contribution in [0, 0.1) is 11.3 Å². The van der Waals surface area contributed by atoms with Crippen molar-refractivity contribution in [3.8, 4) is 0 Å². The molecule has 0 aliphatic heterocycles. The number of hydrogen-bond acceptors (Lipinski definition) is 4. The van der Waals surface area contributed by atoms with Gasteiger partial charge in [-0.05, 0) is 32.6 Å². The lowest BCUT2D eigenvalue weighted by molar-refractivity contribution is -0.152. The molecule has 0 spiro atoms. The molecular formula is C18H28O4. The van der Waals surface area contributed by atoms with E-state index in [0.29, 0.717) is 17.1 Å². The lowest BCUT2D eigenvalue weighted by atomic mass is 9.70. The van der Waals surface area contributed by atoms with E-state index in [-0.39, 0.29) is 18.6 Å². The second-order valence-electron chi connectivity index (χ2n) is 6.70. The van der Waals surface area contributed by atoms with E-state index in [2.05, 4.69) is 13.2 Å². The Morgan fingerprint density at radius 2 is 1.36 bits per heavy atom. The number of carbonyl (C=O) groups is 2. The summed E-state index contributed by atoms with van der Waals surface area (Å²) < 4.78 is 10.7. The summed E-state index contributed by atoms with van der Waals surface area (Å²) in [5, 5.41) is 0. The number of esters is 2. The first-order chi connectivity index (χ1) is 10.3. The molecule has 0 amide bonds. The minimum absolute atomic E-state index is 0.243. The SMILES string of the molecule is C=C(C)C(=O)OCC(C)(COC(=O)C(=C)C)C1CCCCC1. The number of rotatable bonds is 7. The van der Waals surface area contributed by atoms with E-state index < -0.39 is 11.9 Å². The van der Waals surface area contributed by atoms with Crippen LogP contribution in [0.2, 0.25) is 0 Å². The van der Waals surface area contributed by atoms with Crippen LogP contribution in [0.15, 0.2) is 24.3 Å². The molecule has 1 fully saturated rings. The Hall–Kier alpha value is -1.58. The van der Waals surface area contributed by atoms with Crippen LogP contribution in [-0.2, 0) is 19.1 Å². The molecule has 22 heavy (non-hydrogen) atoms. The van der Waals surface area contributed by atoms with Crippen LogP contribution in [0.25, 0.3) is 0 Å². The molecule has 0 aromatic heterocycles. The zero-order valence-corrected chi connectivity index (χ0v) is 14.1. The minimum atomic E-state index is -0.395. The van der Waals surface area contributed by atoms with Gasteiger partial charge in [-0.3, -0.25) is 0 Å². The molecular weight excluding hydrogens is 280 g/mol. The van der Waals surface area contributed by atoms with Gasteiger partial charge in [-0.1, -0.05) is 39.3 Å². The first-order valence-electron chi connectivity index (χ1n) is 7.91. The Bertz CT molecular complexity index is 414. The largest absolute Gasteiger partial charge is 0.462 e. The quantitative estimate of drug-likeness (QED) is 0.530. The summed E-state index contributed by atoms with van der Waals surface area (Å²) in [7, 11) is 0. The van der Waals surface area contributed by atoms with Crippen molar-refractivity contribution in [2.24, 2.45) is 11.3 Å². The molecule has 1 aliphatic carbocycles. The van der Waals surface area contributed by atoms with Crippen LogP contribution in [0.4, 0.5) is 0 Å². The van der Waals surface area contributed by atoms with Gasteiger partial charge in [-0.15, -0.1) is 0 Å². The van der Waals surface area contributed by atoms with Crippen LogP contribution in [0.1, 0.15) is 52.9 Å². The van der Waals surface area contributed by atoms with E-state index in [1.165, 1.54) is 19.3 Å². The highest BCUT2D eigenvalue weighted by Gasteiger charge is 2.37. The molecule has 124 valence electrons. The van der Waals surface area contributed by atoms with Crippen molar-refractivity contribution in [3.05, 3.63) is 24.3 Å². The van der Waals surface area contributed by atoms with E-state index in [9.17, 15) is 9.59 Å². The lowest BCUT2D eigenvalue weighted by Gasteiger charge is -2.38. The van der Waals surface area contributed by atoms with E-state index >= 15 is 0 Å². The average molecular weight is 308 g/mol. The molecule has 1 saturated carbocycles. The van der Waals surface area contributed by atoms with Gasteiger partial charge < -0.3 is 9.47 Å². The van der Waals surface area contributed by atoms with Crippen LogP contribution >= 0.6 is 0 Å². The Balaban J connectivity index is 2.74. The fourth-order valence-corrected chi connectivity index (χ4v) is 2.78. The maximum Gasteiger partial charge on any atom is 0.333 e. The molecule has 0 heterocycles. The Morgan fingerprint density at radius 3 is 1.73 bits per heavy atom. The van der Waals surface area contributed by atoms with Gasteiger partial charge in [0.15, 0.2) is 0 Å². The van der Waals surface area contributed by atoms with Crippen molar-refractivity contribution in [2.45, 2.75) is 52.9 Å². The summed E-state index contributed by atoms with van der Waals surface area (Å²) in [4.78, 5) is 23.4. The predicted octanol–water partition coefficient (Wildman–Crippen LogP) is 3.81. The van der Waals surface area contributed by atoms with Crippen LogP contribution < -0.4 is 0 Å². The Kier molecular flexibility index (Phi) is 6.85. The highest BCUT2D eigenvalue weighted by molar-refractivity contribution is 5.87. The molecule has 1 rings (SSSR count). The summed E-state index contributed by atoms with van der Waals surface area (Å²) in [5.41, 5.74) is 0.395. The summed E-state index contributed by atoms with van der Waals surface area (Å²) in [5.74, 6) is -0.404. The first-order valence-corrected chi connectivity index (χ1v) is 7.91. The van der Waals surface area contributed by atoms with Gasteiger partial charge in [0, 0.05) is 16.6 Å². The highest BCUT2D eigenvalue weighted by atomic mass is 16.5. The van der Waals surface area contributed by atoms with Gasteiger partial charge in [-0.25, -0.2) is 9.59 Å². The van der Waals surface area contributed by atoms with E-state index in [1.54, 1.807) is 13.8 Å². The summed E-state index contributed by atoms with van der Waals surface area (Å²) in [6.07, 6.45) is 5.73. The Morgan fingerprint density at radius 1 is 0.955 bits per heavy atom. The van der Waals surface area contributed by atoms with Crippen LogP contribution in [-0.4, -0.2) is 25.2 Å². The number of hydrogen-bond donors (Lipinski definition) is 0. The van der Waals surface area contributed by atoms with E-state index in [1.807, 2.05) is 6.92 Å². The molecule has 0 saturated heterocycles. The number of ether oxygens (including phenoxy) is 2. The molecule has 1 aliphatic rings. The second kappa shape index (κ2) is 8.16. The zero-order chi connectivity index (χ0) is 16.8. The summed E-state index contributed by atoms with van der Waals surface area (Å²) >= 11 is 0. The third-order valence-corrected chi connectivity index (χ3v) is 4.35. The average Bonchev–Trinajstić information content (AvgIpc) is 2.50. The fourth-order valence-electron chi connectivity index (χ4n) is 2.78. The van der Waals surface area contributed by atoms with E-state index in [0.717, 1.165) is 12.8 Å². The smallest absolute Gasteiger partial charge is 0.333 e. The maximum absolute atomic E-state index is 11.7. The molecule has 4 nitrogen and oxygen atoms in total.